The summed E-state index contributed by atoms with van der Waals surface area (Å²) in [4.78, 5) is 38.2. The Labute approximate surface area is 480 Å². The molecule has 6 nitrogen and oxygen atoms in total. The van der Waals surface area contributed by atoms with Gasteiger partial charge in [0.1, 0.15) is 13.2 Å². The number of carbonyl (C=O) groups is 3. The fourth-order valence-electron chi connectivity index (χ4n) is 10.4. The van der Waals surface area contributed by atoms with Crippen molar-refractivity contribution in [3.8, 4) is 0 Å². The van der Waals surface area contributed by atoms with E-state index in [1.165, 1.54) is 276 Å². The normalized spacial score (nSPS) is 12.2. The maximum atomic E-state index is 12.9. The second kappa shape index (κ2) is 66.1. The van der Waals surface area contributed by atoms with Crippen LogP contribution in [-0.4, -0.2) is 37.2 Å². The minimum absolute atomic E-state index is 0.0681. The molecule has 6 heteroatoms. The van der Waals surface area contributed by atoms with E-state index in [0.29, 0.717) is 19.3 Å². The minimum atomic E-state index is -0.769. The molecule has 0 aliphatic heterocycles. The fourth-order valence-corrected chi connectivity index (χ4v) is 10.4. The van der Waals surface area contributed by atoms with Gasteiger partial charge in [0.25, 0.3) is 0 Å². The molecule has 0 amide bonds. The largest absolute Gasteiger partial charge is 0.462 e. The van der Waals surface area contributed by atoms with Crippen LogP contribution in [-0.2, 0) is 28.6 Å². The van der Waals surface area contributed by atoms with Crippen molar-refractivity contribution >= 4 is 17.9 Å². The van der Waals surface area contributed by atoms with E-state index < -0.39 is 6.10 Å². The van der Waals surface area contributed by atoms with Crippen LogP contribution >= 0.6 is 0 Å². The number of hydrogen-bond acceptors (Lipinski definition) is 6. The molecule has 0 fully saturated rings. The standard InChI is InChI=1S/C71H132O6/c1-4-7-10-13-16-19-21-23-25-27-28-29-30-31-32-33-34-35-36-37-38-39-40-41-42-44-45-47-49-52-55-58-61-64-70(73)76-67-68(66-75-69(72)63-60-57-54-51-18-15-12-9-6-3)77-71(74)65-62-59-56-53-50-48-46-43-26-24-22-20-17-14-11-8-5-2/h21,23-24,26-28,68H,4-20,22,25,29-67H2,1-3H3/b23-21-,26-24-,28-27-. The van der Waals surface area contributed by atoms with E-state index in [9.17, 15) is 14.4 Å². The topological polar surface area (TPSA) is 78.9 Å². The van der Waals surface area contributed by atoms with E-state index in [4.69, 9.17) is 14.2 Å². The van der Waals surface area contributed by atoms with Gasteiger partial charge in [0.2, 0.25) is 0 Å². The summed E-state index contributed by atoms with van der Waals surface area (Å²) in [6.07, 6.45) is 81.9. The molecule has 452 valence electrons. The second-order valence-corrected chi connectivity index (χ2v) is 23.4. The summed E-state index contributed by atoms with van der Waals surface area (Å²) < 4.78 is 16.9. The fraction of sp³-hybridized carbons (Fsp3) is 0.873. The van der Waals surface area contributed by atoms with E-state index in [2.05, 4.69) is 57.2 Å². The molecule has 0 aromatic rings. The van der Waals surface area contributed by atoms with E-state index in [1.807, 2.05) is 0 Å². The van der Waals surface area contributed by atoms with Gasteiger partial charge in [0.15, 0.2) is 6.10 Å². The molecule has 0 aliphatic rings. The molecule has 0 saturated carbocycles. The Hall–Kier alpha value is -2.37. The first-order valence-electron chi connectivity index (χ1n) is 34.5. The molecule has 0 aromatic heterocycles. The first-order chi connectivity index (χ1) is 38.0. The van der Waals surface area contributed by atoms with Crippen molar-refractivity contribution in [2.75, 3.05) is 13.2 Å². The lowest BCUT2D eigenvalue weighted by Crippen LogP contribution is -2.30. The molecular formula is C71H132O6. The number of esters is 3. The van der Waals surface area contributed by atoms with Crippen molar-refractivity contribution in [1.82, 2.24) is 0 Å². The lowest BCUT2D eigenvalue weighted by Gasteiger charge is -2.18. The molecule has 0 N–H and O–H groups in total. The predicted octanol–water partition coefficient (Wildman–Crippen LogP) is 23.6. The molecule has 0 saturated heterocycles. The smallest absolute Gasteiger partial charge is 0.306 e. The number of carbonyl (C=O) groups excluding carboxylic acids is 3. The van der Waals surface area contributed by atoms with Gasteiger partial charge in [0, 0.05) is 19.3 Å². The third kappa shape index (κ3) is 64.3. The van der Waals surface area contributed by atoms with Crippen molar-refractivity contribution < 1.29 is 28.6 Å². The van der Waals surface area contributed by atoms with Crippen molar-refractivity contribution in [3.63, 3.8) is 0 Å². The molecular weight excluding hydrogens is 949 g/mol. The quantitative estimate of drug-likeness (QED) is 0.0261. The van der Waals surface area contributed by atoms with E-state index in [-0.39, 0.29) is 31.1 Å². The zero-order valence-electron chi connectivity index (χ0n) is 52.0. The van der Waals surface area contributed by atoms with Crippen LogP contribution in [0.3, 0.4) is 0 Å². The average Bonchev–Trinajstić information content (AvgIpc) is 3.43. The first kappa shape index (κ1) is 74.6. The van der Waals surface area contributed by atoms with E-state index in [1.54, 1.807) is 0 Å². The minimum Gasteiger partial charge on any atom is -0.462 e. The molecule has 1 atom stereocenters. The lowest BCUT2D eigenvalue weighted by atomic mass is 10.0. The summed E-state index contributed by atoms with van der Waals surface area (Å²) in [5.41, 5.74) is 0. The third-order valence-electron chi connectivity index (χ3n) is 15.6. The molecule has 77 heavy (non-hydrogen) atoms. The Bertz CT molecular complexity index is 1290. The summed E-state index contributed by atoms with van der Waals surface area (Å²) >= 11 is 0. The molecule has 0 heterocycles. The van der Waals surface area contributed by atoms with Crippen LogP contribution < -0.4 is 0 Å². The monoisotopic (exact) mass is 1080 g/mol. The SMILES string of the molecule is CCCCCCC/C=C\C/C=C\CCCCCCCCCCCCCCCCCCCCCCCC(=O)OCC(COC(=O)CCCCCCCCCCC)OC(=O)CCCCCCCCC/C=C\CCCCCCCC. The Morgan fingerprint density at radius 3 is 0.727 bits per heavy atom. The van der Waals surface area contributed by atoms with Gasteiger partial charge in [-0.1, -0.05) is 320 Å². The summed E-state index contributed by atoms with van der Waals surface area (Å²) in [5, 5.41) is 0. The molecule has 0 aliphatic carbocycles. The van der Waals surface area contributed by atoms with Gasteiger partial charge in [-0.3, -0.25) is 14.4 Å². The van der Waals surface area contributed by atoms with Gasteiger partial charge in [-0.25, -0.2) is 0 Å². The Kier molecular flexibility index (Phi) is 64.1. The Balaban J connectivity index is 4.02. The van der Waals surface area contributed by atoms with Crippen LogP contribution in [0.5, 0.6) is 0 Å². The van der Waals surface area contributed by atoms with Crippen LogP contribution in [0.2, 0.25) is 0 Å². The Morgan fingerprint density at radius 2 is 0.468 bits per heavy atom. The maximum absolute atomic E-state index is 12.9. The van der Waals surface area contributed by atoms with E-state index >= 15 is 0 Å². The zero-order valence-corrected chi connectivity index (χ0v) is 52.0. The van der Waals surface area contributed by atoms with Gasteiger partial charge in [-0.2, -0.15) is 0 Å². The molecule has 0 rings (SSSR count). The van der Waals surface area contributed by atoms with Crippen molar-refractivity contribution in [2.24, 2.45) is 0 Å². The van der Waals surface area contributed by atoms with Gasteiger partial charge < -0.3 is 14.2 Å². The van der Waals surface area contributed by atoms with Gasteiger partial charge in [-0.05, 0) is 77.0 Å². The highest BCUT2D eigenvalue weighted by Gasteiger charge is 2.19. The van der Waals surface area contributed by atoms with Gasteiger partial charge >= 0.3 is 17.9 Å². The number of hydrogen-bond donors (Lipinski definition) is 0. The average molecular weight is 1080 g/mol. The summed E-state index contributed by atoms with van der Waals surface area (Å²) in [7, 11) is 0. The predicted molar refractivity (Wildman–Crippen MR) is 335 cm³/mol. The summed E-state index contributed by atoms with van der Waals surface area (Å²) in [5.74, 6) is -0.851. The number of ether oxygens (including phenoxy) is 3. The Morgan fingerprint density at radius 1 is 0.260 bits per heavy atom. The zero-order chi connectivity index (χ0) is 55.7. The van der Waals surface area contributed by atoms with Gasteiger partial charge in [-0.15, -0.1) is 0 Å². The number of rotatable bonds is 64. The first-order valence-corrected chi connectivity index (χ1v) is 34.5. The van der Waals surface area contributed by atoms with Crippen LogP contribution in [0.25, 0.3) is 0 Å². The van der Waals surface area contributed by atoms with Crippen LogP contribution in [0.4, 0.5) is 0 Å². The lowest BCUT2D eigenvalue weighted by molar-refractivity contribution is -0.167. The molecule has 0 spiro atoms. The van der Waals surface area contributed by atoms with Crippen molar-refractivity contribution in [2.45, 2.75) is 386 Å². The summed E-state index contributed by atoms with van der Waals surface area (Å²) in [6.45, 7) is 6.66. The highest BCUT2D eigenvalue weighted by molar-refractivity contribution is 5.71. The van der Waals surface area contributed by atoms with E-state index in [0.717, 1.165) is 64.2 Å². The van der Waals surface area contributed by atoms with Crippen LogP contribution in [0.15, 0.2) is 36.5 Å². The number of allylic oxidation sites excluding steroid dienone is 6. The van der Waals surface area contributed by atoms with Crippen LogP contribution in [0.1, 0.15) is 380 Å². The van der Waals surface area contributed by atoms with Crippen LogP contribution in [0, 0.1) is 0 Å². The van der Waals surface area contributed by atoms with Crippen molar-refractivity contribution in [1.29, 1.82) is 0 Å². The molecule has 0 bridgehead atoms. The second-order valence-electron chi connectivity index (χ2n) is 23.4. The number of unbranched alkanes of at least 4 members (excludes halogenated alkanes) is 47. The maximum Gasteiger partial charge on any atom is 0.306 e. The highest BCUT2D eigenvalue weighted by Crippen LogP contribution is 2.18. The highest BCUT2D eigenvalue weighted by atomic mass is 16.6. The molecule has 0 radical (unpaired) electrons. The molecule has 0 aromatic carbocycles. The third-order valence-corrected chi connectivity index (χ3v) is 15.6. The summed E-state index contributed by atoms with van der Waals surface area (Å²) in [6, 6.07) is 0. The molecule has 1 unspecified atom stereocenters. The van der Waals surface area contributed by atoms with Crippen molar-refractivity contribution in [3.05, 3.63) is 36.5 Å². The van der Waals surface area contributed by atoms with Gasteiger partial charge in [0.05, 0.1) is 0 Å².